The predicted octanol–water partition coefficient (Wildman–Crippen LogP) is 4.64. The van der Waals surface area contributed by atoms with Gasteiger partial charge in [0.05, 0.1) is 0 Å². The third-order valence-electron chi connectivity index (χ3n) is 5.01. The molecule has 2 aliphatic heterocycles. The lowest BCUT2D eigenvalue weighted by atomic mass is 9.98. The topological polar surface area (TPSA) is 15.3 Å². The molecule has 1 N–H and O–H groups in total. The SMILES string of the molecule is Brc1ccc2cc(NC3CCN4CCCCC34)ccc2c1. The zero-order valence-corrected chi connectivity index (χ0v) is 13.8. The van der Waals surface area contributed by atoms with Crippen LogP contribution in [-0.2, 0) is 0 Å². The number of halogens is 1. The molecule has 2 aromatic carbocycles. The minimum absolute atomic E-state index is 0.623. The molecule has 2 atom stereocenters. The number of anilines is 1. The zero-order chi connectivity index (χ0) is 14.2. The van der Waals surface area contributed by atoms with E-state index >= 15 is 0 Å². The third kappa shape index (κ3) is 2.69. The second kappa shape index (κ2) is 5.62. The van der Waals surface area contributed by atoms with Crippen molar-refractivity contribution in [1.29, 1.82) is 0 Å². The van der Waals surface area contributed by atoms with Gasteiger partial charge in [-0.25, -0.2) is 0 Å². The lowest BCUT2D eigenvalue weighted by Crippen LogP contribution is -2.41. The van der Waals surface area contributed by atoms with Gasteiger partial charge in [-0.3, -0.25) is 4.90 Å². The molecule has 0 aliphatic carbocycles. The van der Waals surface area contributed by atoms with Gasteiger partial charge in [-0.05, 0) is 60.8 Å². The standard InChI is InChI=1S/C18H21BrN2/c19-15-6-4-14-12-16(7-5-13(14)11-15)20-17-8-10-21-9-2-1-3-18(17)21/h4-7,11-12,17-18,20H,1-3,8-10H2. The number of rotatable bonds is 2. The van der Waals surface area contributed by atoms with Gasteiger partial charge >= 0.3 is 0 Å². The molecule has 0 bridgehead atoms. The highest BCUT2D eigenvalue weighted by molar-refractivity contribution is 9.10. The molecule has 2 aromatic rings. The Bertz CT molecular complexity index is 655. The Balaban J connectivity index is 1.55. The van der Waals surface area contributed by atoms with Gasteiger partial charge < -0.3 is 5.32 Å². The van der Waals surface area contributed by atoms with Crippen molar-refractivity contribution in [2.24, 2.45) is 0 Å². The summed E-state index contributed by atoms with van der Waals surface area (Å²) in [6.45, 7) is 2.57. The van der Waals surface area contributed by atoms with Crippen molar-refractivity contribution in [2.45, 2.75) is 37.8 Å². The van der Waals surface area contributed by atoms with E-state index in [1.165, 1.54) is 55.2 Å². The fourth-order valence-corrected chi connectivity index (χ4v) is 4.31. The molecule has 0 aromatic heterocycles. The van der Waals surface area contributed by atoms with Gasteiger partial charge in [0, 0.05) is 28.8 Å². The van der Waals surface area contributed by atoms with E-state index in [0.29, 0.717) is 6.04 Å². The van der Waals surface area contributed by atoms with Gasteiger partial charge in [0.1, 0.15) is 0 Å². The Morgan fingerprint density at radius 3 is 2.76 bits per heavy atom. The Labute approximate surface area is 134 Å². The van der Waals surface area contributed by atoms with Crippen molar-refractivity contribution in [3.05, 3.63) is 40.9 Å². The highest BCUT2D eigenvalue weighted by Gasteiger charge is 2.35. The van der Waals surface area contributed by atoms with Gasteiger partial charge in [0.15, 0.2) is 0 Å². The third-order valence-corrected chi connectivity index (χ3v) is 5.50. The van der Waals surface area contributed by atoms with Crippen LogP contribution in [0.15, 0.2) is 40.9 Å². The molecular weight excluding hydrogens is 324 g/mol. The first-order valence-corrected chi connectivity index (χ1v) is 8.79. The van der Waals surface area contributed by atoms with E-state index in [-0.39, 0.29) is 0 Å². The molecule has 0 spiro atoms. The average Bonchev–Trinajstić information content (AvgIpc) is 2.91. The lowest BCUT2D eigenvalue weighted by molar-refractivity contribution is 0.193. The van der Waals surface area contributed by atoms with Crippen LogP contribution in [0.1, 0.15) is 25.7 Å². The molecule has 4 rings (SSSR count). The molecule has 2 nitrogen and oxygen atoms in total. The van der Waals surface area contributed by atoms with E-state index in [1.807, 2.05) is 0 Å². The highest BCUT2D eigenvalue weighted by atomic mass is 79.9. The van der Waals surface area contributed by atoms with E-state index in [0.717, 1.165) is 10.5 Å². The van der Waals surface area contributed by atoms with E-state index in [2.05, 4.69) is 62.5 Å². The van der Waals surface area contributed by atoms with Gasteiger partial charge in [0.25, 0.3) is 0 Å². The van der Waals surface area contributed by atoms with Crippen LogP contribution in [-0.4, -0.2) is 30.1 Å². The van der Waals surface area contributed by atoms with Crippen molar-refractivity contribution < 1.29 is 0 Å². The summed E-state index contributed by atoms with van der Waals surface area (Å²) in [6.07, 6.45) is 5.42. The second-order valence-electron chi connectivity index (χ2n) is 6.34. The van der Waals surface area contributed by atoms with Crippen LogP contribution < -0.4 is 5.32 Å². The van der Waals surface area contributed by atoms with E-state index in [9.17, 15) is 0 Å². The fraction of sp³-hybridized carbons (Fsp3) is 0.444. The summed E-state index contributed by atoms with van der Waals surface area (Å²) in [7, 11) is 0. The number of nitrogens with one attached hydrogen (secondary N) is 1. The van der Waals surface area contributed by atoms with Crippen molar-refractivity contribution in [2.75, 3.05) is 18.4 Å². The molecule has 3 heteroatoms. The molecule has 2 unspecified atom stereocenters. The first kappa shape index (κ1) is 13.6. The molecule has 21 heavy (non-hydrogen) atoms. The number of hydrogen-bond donors (Lipinski definition) is 1. The van der Waals surface area contributed by atoms with Crippen molar-refractivity contribution in [3.8, 4) is 0 Å². The summed E-state index contributed by atoms with van der Waals surface area (Å²) >= 11 is 3.54. The zero-order valence-electron chi connectivity index (χ0n) is 12.2. The molecule has 0 saturated carbocycles. The molecule has 2 fully saturated rings. The number of fused-ring (bicyclic) bond motifs is 2. The minimum atomic E-state index is 0.623. The summed E-state index contributed by atoms with van der Waals surface area (Å²) in [6, 6.07) is 14.6. The van der Waals surface area contributed by atoms with Crippen LogP contribution in [0.2, 0.25) is 0 Å². The van der Waals surface area contributed by atoms with Gasteiger partial charge in [-0.1, -0.05) is 34.5 Å². The minimum Gasteiger partial charge on any atom is -0.381 e. The van der Waals surface area contributed by atoms with E-state index in [4.69, 9.17) is 0 Å². The summed E-state index contributed by atoms with van der Waals surface area (Å²) in [4.78, 5) is 2.68. The predicted molar refractivity (Wildman–Crippen MR) is 92.9 cm³/mol. The Morgan fingerprint density at radius 1 is 0.952 bits per heavy atom. The first-order valence-electron chi connectivity index (χ1n) is 7.99. The Hall–Kier alpha value is -1.06. The second-order valence-corrected chi connectivity index (χ2v) is 7.26. The Morgan fingerprint density at radius 2 is 1.81 bits per heavy atom. The van der Waals surface area contributed by atoms with Crippen LogP contribution in [0.5, 0.6) is 0 Å². The number of nitrogens with zero attached hydrogens (tertiary/aromatic N) is 1. The molecule has 110 valence electrons. The number of benzene rings is 2. The maximum absolute atomic E-state index is 3.79. The molecular formula is C18H21BrN2. The molecule has 0 radical (unpaired) electrons. The monoisotopic (exact) mass is 344 g/mol. The van der Waals surface area contributed by atoms with E-state index < -0.39 is 0 Å². The molecule has 0 amide bonds. The average molecular weight is 345 g/mol. The Kier molecular flexibility index (Phi) is 3.64. The van der Waals surface area contributed by atoms with Crippen LogP contribution in [0.4, 0.5) is 5.69 Å². The maximum Gasteiger partial charge on any atom is 0.0429 e. The van der Waals surface area contributed by atoms with Crippen LogP contribution in [0.25, 0.3) is 10.8 Å². The van der Waals surface area contributed by atoms with Crippen molar-refractivity contribution >= 4 is 32.4 Å². The molecule has 2 saturated heterocycles. The molecule has 2 heterocycles. The maximum atomic E-state index is 3.79. The van der Waals surface area contributed by atoms with Crippen molar-refractivity contribution in [3.63, 3.8) is 0 Å². The van der Waals surface area contributed by atoms with Crippen LogP contribution in [0.3, 0.4) is 0 Å². The van der Waals surface area contributed by atoms with E-state index in [1.54, 1.807) is 0 Å². The first-order chi connectivity index (χ1) is 10.3. The highest BCUT2D eigenvalue weighted by Crippen LogP contribution is 2.30. The number of piperidine rings is 1. The largest absolute Gasteiger partial charge is 0.381 e. The van der Waals surface area contributed by atoms with Gasteiger partial charge in [-0.2, -0.15) is 0 Å². The van der Waals surface area contributed by atoms with Gasteiger partial charge in [-0.15, -0.1) is 0 Å². The van der Waals surface area contributed by atoms with Gasteiger partial charge in [0.2, 0.25) is 0 Å². The summed E-state index contributed by atoms with van der Waals surface area (Å²) < 4.78 is 1.14. The van der Waals surface area contributed by atoms with Crippen molar-refractivity contribution in [1.82, 2.24) is 4.90 Å². The smallest absolute Gasteiger partial charge is 0.0429 e. The normalized spacial score (nSPS) is 26.0. The van der Waals surface area contributed by atoms with Crippen LogP contribution >= 0.6 is 15.9 Å². The lowest BCUT2D eigenvalue weighted by Gasteiger charge is -2.33. The molecule has 2 aliphatic rings. The quantitative estimate of drug-likeness (QED) is 0.853. The fourth-order valence-electron chi connectivity index (χ4n) is 3.94. The summed E-state index contributed by atoms with van der Waals surface area (Å²) in [5.74, 6) is 0. The summed E-state index contributed by atoms with van der Waals surface area (Å²) in [5.41, 5.74) is 1.27. The van der Waals surface area contributed by atoms with Crippen LogP contribution in [0, 0.1) is 0 Å². The number of hydrogen-bond acceptors (Lipinski definition) is 2. The summed E-state index contributed by atoms with van der Waals surface area (Å²) in [5, 5.41) is 6.39.